The molecule has 0 atom stereocenters. The van der Waals surface area contributed by atoms with Crippen LogP contribution in [0.2, 0.25) is 0 Å². The highest BCUT2D eigenvalue weighted by molar-refractivity contribution is 5.73. The first kappa shape index (κ1) is 6.84. The number of nitrogens with two attached hydrogens (primary N) is 2. The number of imidazole rings is 1. The van der Waals surface area contributed by atoms with Gasteiger partial charge in [-0.05, 0) is 0 Å². The van der Waals surface area contributed by atoms with E-state index in [2.05, 4.69) is 15.0 Å². The summed E-state index contributed by atoms with van der Waals surface area (Å²) in [6.07, 6.45) is 1.55. The van der Waals surface area contributed by atoms with Gasteiger partial charge in [-0.3, -0.25) is 4.57 Å². The summed E-state index contributed by atoms with van der Waals surface area (Å²) in [4.78, 5) is 11.8. The molecule has 0 aliphatic rings. The molecule has 0 radical (unpaired) electrons. The van der Waals surface area contributed by atoms with Crippen LogP contribution in [-0.4, -0.2) is 19.5 Å². The van der Waals surface area contributed by atoms with Gasteiger partial charge in [0.2, 0.25) is 11.9 Å². The quantitative estimate of drug-likeness (QED) is 0.548. The average molecular weight is 164 g/mol. The molecule has 6 nitrogen and oxygen atoms in total. The standard InChI is InChI=1S/C6H8N6/c1-12-4-3(10-6(12)8)2-9-5(7)11-4/h2H,1H3,(H2,8,10)(H2,7,9,11). The maximum atomic E-state index is 5.55. The van der Waals surface area contributed by atoms with E-state index < -0.39 is 0 Å². The number of fused-ring (bicyclic) bond motifs is 1. The summed E-state index contributed by atoms with van der Waals surface area (Å²) in [5.74, 6) is 0.635. The maximum absolute atomic E-state index is 5.55. The van der Waals surface area contributed by atoms with Gasteiger partial charge in [-0.15, -0.1) is 0 Å². The lowest BCUT2D eigenvalue weighted by atomic mass is 10.5. The highest BCUT2D eigenvalue weighted by Gasteiger charge is 2.05. The Morgan fingerprint density at radius 1 is 1.33 bits per heavy atom. The third kappa shape index (κ3) is 0.777. The summed E-state index contributed by atoms with van der Waals surface area (Å²) in [5.41, 5.74) is 12.3. The van der Waals surface area contributed by atoms with E-state index in [1.54, 1.807) is 17.8 Å². The largest absolute Gasteiger partial charge is 0.369 e. The lowest BCUT2D eigenvalue weighted by Crippen LogP contribution is -1.99. The topological polar surface area (TPSA) is 95.6 Å². The molecular formula is C6H8N6. The molecule has 0 bridgehead atoms. The monoisotopic (exact) mass is 164 g/mol. The molecule has 0 aliphatic heterocycles. The van der Waals surface area contributed by atoms with Gasteiger partial charge in [0.1, 0.15) is 5.52 Å². The van der Waals surface area contributed by atoms with Crippen LogP contribution in [-0.2, 0) is 7.05 Å². The number of rotatable bonds is 0. The Morgan fingerprint density at radius 3 is 2.83 bits per heavy atom. The van der Waals surface area contributed by atoms with Gasteiger partial charge >= 0.3 is 0 Å². The zero-order chi connectivity index (χ0) is 8.72. The number of aromatic nitrogens is 4. The van der Waals surface area contributed by atoms with Crippen molar-refractivity contribution in [3.63, 3.8) is 0 Å². The van der Waals surface area contributed by atoms with Crippen LogP contribution < -0.4 is 11.5 Å². The van der Waals surface area contributed by atoms with Crippen molar-refractivity contribution in [2.45, 2.75) is 0 Å². The van der Waals surface area contributed by atoms with Crippen LogP contribution >= 0.6 is 0 Å². The van der Waals surface area contributed by atoms with Crippen molar-refractivity contribution in [2.24, 2.45) is 7.05 Å². The number of hydrogen-bond donors (Lipinski definition) is 2. The first-order chi connectivity index (χ1) is 5.68. The molecule has 2 rings (SSSR count). The van der Waals surface area contributed by atoms with Gasteiger partial charge in [-0.1, -0.05) is 0 Å². The van der Waals surface area contributed by atoms with E-state index >= 15 is 0 Å². The first-order valence-corrected chi connectivity index (χ1v) is 3.39. The Hall–Kier alpha value is -1.85. The lowest BCUT2D eigenvalue weighted by molar-refractivity contribution is 0.946. The average Bonchev–Trinajstić information content (AvgIpc) is 2.31. The SMILES string of the molecule is Cn1c(N)nc2cnc(N)nc21. The highest BCUT2D eigenvalue weighted by atomic mass is 15.2. The van der Waals surface area contributed by atoms with Crippen LogP contribution in [0.3, 0.4) is 0 Å². The predicted molar refractivity (Wildman–Crippen MR) is 45.1 cm³/mol. The molecule has 62 valence electrons. The van der Waals surface area contributed by atoms with Crippen molar-refractivity contribution in [2.75, 3.05) is 11.5 Å². The fraction of sp³-hybridized carbons (Fsp3) is 0.167. The van der Waals surface area contributed by atoms with Crippen molar-refractivity contribution < 1.29 is 0 Å². The first-order valence-electron chi connectivity index (χ1n) is 3.39. The second kappa shape index (κ2) is 2.07. The number of hydrogen-bond acceptors (Lipinski definition) is 5. The van der Waals surface area contributed by atoms with Crippen LogP contribution in [0.5, 0.6) is 0 Å². The molecule has 2 aromatic heterocycles. The summed E-state index contributed by atoms with van der Waals surface area (Å²) >= 11 is 0. The molecule has 4 N–H and O–H groups in total. The minimum atomic E-state index is 0.227. The second-order valence-corrected chi connectivity index (χ2v) is 2.47. The third-order valence-electron chi connectivity index (χ3n) is 1.67. The minimum Gasteiger partial charge on any atom is -0.369 e. The van der Waals surface area contributed by atoms with E-state index in [-0.39, 0.29) is 5.95 Å². The smallest absolute Gasteiger partial charge is 0.222 e. The van der Waals surface area contributed by atoms with Crippen LogP contribution in [0.1, 0.15) is 0 Å². The molecule has 0 aromatic carbocycles. The fourth-order valence-electron chi connectivity index (χ4n) is 1.01. The molecule has 0 saturated heterocycles. The normalized spacial score (nSPS) is 10.8. The molecule has 0 unspecified atom stereocenters. The van der Waals surface area contributed by atoms with Crippen molar-refractivity contribution in [3.8, 4) is 0 Å². The van der Waals surface area contributed by atoms with Gasteiger partial charge in [0.15, 0.2) is 5.65 Å². The molecule has 6 heteroatoms. The molecule has 12 heavy (non-hydrogen) atoms. The van der Waals surface area contributed by atoms with E-state index in [4.69, 9.17) is 11.5 Å². The predicted octanol–water partition coefficient (Wildman–Crippen LogP) is -0.472. The molecular weight excluding hydrogens is 156 g/mol. The van der Waals surface area contributed by atoms with E-state index in [9.17, 15) is 0 Å². The van der Waals surface area contributed by atoms with Crippen molar-refractivity contribution >= 4 is 23.1 Å². The minimum absolute atomic E-state index is 0.227. The van der Waals surface area contributed by atoms with Gasteiger partial charge in [0.25, 0.3) is 0 Å². The molecule has 0 aliphatic carbocycles. The van der Waals surface area contributed by atoms with Gasteiger partial charge in [0, 0.05) is 7.05 Å². The van der Waals surface area contributed by atoms with E-state index in [0.717, 1.165) is 0 Å². The zero-order valence-corrected chi connectivity index (χ0v) is 6.52. The van der Waals surface area contributed by atoms with Gasteiger partial charge in [0.05, 0.1) is 6.20 Å². The molecule has 0 fully saturated rings. The zero-order valence-electron chi connectivity index (χ0n) is 6.52. The maximum Gasteiger partial charge on any atom is 0.222 e. The summed E-state index contributed by atoms with van der Waals surface area (Å²) < 4.78 is 1.66. The van der Waals surface area contributed by atoms with Gasteiger partial charge in [-0.25, -0.2) is 9.97 Å². The Morgan fingerprint density at radius 2 is 2.08 bits per heavy atom. The van der Waals surface area contributed by atoms with Crippen LogP contribution in [0.15, 0.2) is 6.20 Å². The Bertz CT molecular complexity index is 431. The van der Waals surface area contributed by atoms with Crippen LogP contribution in [0, 0.1) is 0 Å². The molecule has 2 heterocycles. The molecule has 2 aromatic rings. The Balaban J connectivity index is 2.88. The fourth-order valence-corrected chi connectivity index (χ4v) is 1.01. The van der Waals surface area contributed by atoms with E-state index in [1.165, 1.54) is 0 Å². The second-order valence-electron chi connectivity index (χ2n) is 2.47. The summed E-state index contributed by atoms with van der Waals surface area (Å²) in [6, 6.07) is 0. The molecule has 0 saturated carbocycles. The number of nitrogens with zero attached hydrogens (tertiary/aromatic N) is 4. The third-order valence-corrected chi connectivity index (χ3v) is 1.67. The van der Waals surface area contributed by atoms with E-state index in [0.29, 0.717) is 17.1 Å². The highest BCUT2D eigenvalue weighted by Crippen LogP contribution is 2.12. The summed E-state index contributed by atoms with van der Waals surface area (Å²) in [7, 11) is 1.77. The van der Waals surface area contributed by atoms with Crippen molar-refractivity contribution in [3.05, 3.63) is 6.20 Å². The molecule has 0 spiro atoms. The number of nitrogen functional groups attached to an aromatic ring is 2. The van der Waals surface area contributed by atoms with Crippen molar-refractivity contribution in [1.29, 1.82) is 0 Å². The van der Waals surface area contributed by atoms with Crippen LogP contribution in [0.25, 0.3) is 11.2 Å². The van der Waals surface area contributed by atoms with Gasteiger partial charge in [-0.2, -0.15) is 4.98 Å². The number of aryl methyl sites for hydroxylation is 1. The Labute approximate surface area is 68.2 Å². The van der Waals surface area contributed by atoms with Crippen molar-refractivity contribution in [1.82, 2.24) is 19.5 Å². The number of anilines is 2. The summed E-state index contributed by atoms with van der Waals surface area (Å²) in [5, 5.41) is 0. The van der Waals surface area contributed by atoms with Gasteiger partial charge < -0.3 is 11.5 Å². The summed E-state index contributed by atoms with van der Waals surface area (Å²) in [6.45, 7) is 0. The Kier molecular flexibility index (Phi) is 1.18. The van der Waals surface area contributed by atoms with E-state index in [1.807, 2.05) is 0 Å². The van der Waals surface area contributed by atoms with Crippen LogP contribution in [0.4, 0.5) is 11.9 Å². The molecule has 0 amide bonds. The lowest BCUT2D eigenvalue weighted by Gasteiger charge is -1.94.